The number of nitrogens with zero attached hydrogens (tertiary/aromatic N) is 1. The number of aliphatic hydroxyl groups excluding tert-OH is 1. The van der Waals surface area contributed by atoms with Crippen molar-refractivity contribution in [1.82, 2.24) is 9.88 Å². The van der Waals surface area contributed by atoms with Gasteiger partial charge in [-0.25, -0.2) is 4.39 Å². The van der Waals surface area contributed by atoms with Crippen molar-refractivity contribution in [3.8, 4) is 0 Å². The molecule has 1 amide bonds. The van der Waals surface area contributed by atoms with E-state index in [1.807, 2.05) is 35.7 Å². The number of benzene rings is 2. The second-order valence-corrected chi connectivity index (χ2v) is 8.31. The minimum absolute atomic E-state index is 0.114. The lowest BCUT2D eigenvalue weighted by Gasteiger charge is -2.25. The van der Waals surface area contributed by atoms with E-state index in [0.29, 0.717) is 10.9 Å². The molecule has 1 unspecified atom stereocenters. The van der Waals surface area contributed by atoms with Crippen molar-refractivity contribution in [3.63, 3.8) is 0 Å². The number of halogens is 1. The molecule has 1 atom stereocenters. The summed E-state index contributed by atoms with van der Waals surface area (Å²) in [5, 5.41) is 13.8. The van der Waals surface area contributed by atoms with Crippen molar-refractivity contribution in [2.45, 2.75) is 12.6 Å². The van der Waals surface area contributed by atoms with E-state index in [-0.39, 0.29) is 23.4 Å². The maximum atomic E-state index is 14.8. The van der Waals surface area contributed by atoms with Crippen LogP contribution in [0.1, 0.15) is 22.0 Å². The third-order valence-corrected chi connectivity index (χ3v) is 6.35. The maximum Gasteiger partial charge on any atom is 0.295 e. The molecular weight excluding hydrogens is 415 g/mol. The molecule has 7 heteroatoms. The van der Waals surface area contributed by atoms with Gasteiger partial charge in [0.05, 0.1) is 18.2 Å². The average molecular weight is 432 g/mol. The number of aromatic amines is 1. The number of para-hydroxylation sites is 1. The second-order valence-electron chi connectivity index (χ2n) is 7.28. The van der Waals surface area contributed by atoms with Gasteiger partial charge in [-0.05, 0) is 23.6 Å². The van der Waals surface area contributed by atoms with Crippen molar-refractivity contribution in [2.24, 2.45) is 0 Å². The standard InChI is InChI=1S/C24H17FN2O3S/c25-18-9-3-1-8-16(18)21-20(22(28)17-12-26-19-10-4-2-7-15(17)19)23(29)24(30)27(21)13-14-6-5-11-31-14/h1-12,21,26,28H,13H2/b22-20+. The fourth-order valence-corrected chi connectivity index (χ4v) is 4.75. The Balaban J connectivity index is 1.72. The van der Waals surface area contributed by atoms with Crippen LogP contribution in [0.2, 0.25) is 0 Å². The Morgan fingerprint density at radius 1 is 1.06 bits per heavy atom. The summed E-state index contributed by atoms with van der Waals surface area (Å²) in [7, 11) is 0. The first-order valence-electron chi connectivity index (χ1n) is 9.68. The average Bonchev–Trinajstić information content (AvgIpc) is 3.49. The molecule has 1 aliphatic heterocycles. The quantitative estimate of drug-likeness (QED) is 0.271. The van der Waals surface area contributed by atoms with Crippen LogP contribution in [0.3, 0.4) is 0 Å². The lowest BCUT2D eigenvalue weighted by molar-refractivity contribution is -0.140. The van der Waals surface area contributed by atoms with E-state index in [4.69, 9.17) is 0 Å². The Morgan fingerprint density at radius 2 is 1.84 bits per heavy atom. The van der Waals surface area contributed by atoms with Crippen LogP contribution in [0.15, 0.2) is 77.8 Å². The summed E-state index contributed by atoms with van der Waals surface area (Å²) in [6.45, 7) is 0.145. The van der Waals surface area contributed by atoms with Crippen LogP contribution < -0.4 is 0 Å². The van der Waals surface area contributed by atoms with Gasteiger partial charge in [0.25, 0.3) is 11.7 Å². The van der Waals surface area contributed by atoms with Crippen LogP contribution >= 0.6 is 11.3 Å². The number of likely N-dealkylation sites (tertiary alicyclic amines) is 1. The molecule has 2 aromatic carbocycles. The molecule has 0 bridgehead atoms. The number of amides is 1. The number of ketones is 1. The van der Waals surface area contributed by atoms with Crippen molar-refractivity contribution in [3.05, 3.63) is 99.6 Å². The number of hydrogen-bond donors (Lipinski definition) is 2. The van der Waals surface area contributed by atoms with Crippen LogP contribution in [0, 0.1) is 5.82 Å². The molecule has 1 saturated heterocycles. The highest BCUT2D eigenvalue weighted by Crippen LogP contribution is 2.42. The van der Waals surface area contributed by atoms with E-state index < -0.39 is 23.5 Å². The summed E-state index contributed by atoms with van der Waals surface area (Å²) in [4.78, 5) is 31.3. The summed E-state index contributed by atoms with van der Waals surface area (Å²) in [5.41, 5.74) is 1.22. The zero-order chi connectivity index (χ0) is 21.5. The first-order valence-corrected chi connectivity index (χ1v) is 10.6. The third-order valence-electron chi connectivity index (χ3n) is 5.49. The monoisotopic (exact) mass is 432 g/mol. The van der Waals surface area contributed by atoms with Gasteiger partial charge >= 0.3 is 0 Å². The van der Waals surface area contributed by atoms with Gasteiger partial charge in [0.15, 0.2) is 0 Å². The van der Waals surface area contributed by atoms with E-state index in [1.54, 1.807) is 24.4 Å². The van der Waals surface area contributed by atoms with Gasteiger partial charge in [0.1, 0.15) is 11.6 Å². The molecule has 5 rings (SSSR count). The number of fused-ring (bicyclic) bond motifs is 1. The minimum Gasteiger partial charge on any atom is -0.507 e. The maximum absolute atomic E-state index is 14.8. The Morgan fingerprint density at radius 3 is 2.61 bits per heavy atom. The molecule has 0 spiro atoms. The van der Waals surface area contributed by atoms with E-state index >= 15 is 0 Å². The number of carbonyl (C=O) groups is 2. The predicted molar refractivity (Wildman–Crippen MR) is 117 cm³/mol. The van der Waals surface area contributed by atoms with Crippen molar-refractivity contribution in [2.75, 3.05) is 0 Å². The van der Waals surface area contributed by atoms with Gasteiger partial charge in [-0.1, -0.05) is 42.5 Å². The molecule has 0 saturated carbocycles. The fraction of sp³-hybridized carbons (Fsp3) is 0.0833. The molecule has 154 valence electrons. The number of rotatable bonds is 4. The SMILES string of the molecule is O=C1C(=O)N(Cc2cccs2)C(c2ccccc2F)/C1=C(\O)c1c[nH]c2ccccc12. The van der Waals surface area contributed by atoms with Gasteiger partial charge in [-0.15, -0.1) is 11.3 Å². The van der Waals surface area contributed by atoms with Crippen LogP contribution in [0.25, 0.3) is 16.7 Å². The van der Waals surface area contributed by atoms with Gasteiger partial charge in [-0.3, -0.25) is 9.59 Å². The van der Waals surface area contributed by atoms with Crippen molar-refractivity contribution >= 4 is 39.7 Å². The molecule has 4 aromatic rings. The normalized spacial score (nSPS) is 18.2. The highest BCUT2D eigenvalue weighted by atomic mass is 32.1. The van der Waals surface area contributed by atoms with Gasteiger partial charge in [0.2, 0.25) is 0 Å². The Labute approximate surface area is 181 Å². The van der Waals surface area contributed by atoms with Crippen LogP contribution in [0.4, 0.5) is 4.39 Å². The highest BCUT2D eigenvalue weighted by molar-refractivity contribution is 7.09. The summed E-state index contributed by atoms with van der Waals surface area (Å²) >= 11 is 1.44. The number of thiophene rings is 1. The number of nitrogens with one attached hydrogen (secondary N) is 1. The molecule has 1 fully saturated rings. The summed E-state index contributed by atoms with van der Waals surface area (Å²) in [6.07, 6.45) is 1.59. The molecule has 0 aliphatic carbocycles. The lowest BCUT2D eigenvalue weighted by Crippen LogP contribution is -2.29. The molecule has 2 aromatic heterocycles. The van der Waals surface area contributed by atoms with Crippen molar-refractivity contribution < 1.29 is 19.1 Å². The van der Waals surface area contributed by atoms with Crippen LogP contribution in [-0.2, 0) is 16.1 Å². The zero-order valence-electron chi connectivity index (χ0n) is 16.2. The van der Waals surface area contributed by atoms with Crippen molar-refractivity contribution in [1.29, 1.82) is 0 Å². The smallest absolute Gasteiger partial charge is 0.295 e. The first kappa shape index (κ1) is 19.3. The number of carbonyl (C=O) groups excluding carboxylic acids is 2. The van der Waals surface area contributed by atoms with Crippen LogP contribution in [-0.4, -0.2) is 26.7 Å². The summed E-state index contributed by atoms with van der Waals surface area (Å²) in [5.74, 6) is -2.45. The van der Waals surface area contributed by atoms with Gasteiger partial charge < -0.3 is 15.0 Å². The fourth-order valence-electron chi connectivity index (χ4n) is 4.05. The zero-order valence-corrected chi connectivity index (χ0v) is 17.0. The van der Waals surface area contributed by atoms with E-state index in [0.717, 1.165) is 10.4 Å². The number of Topliss-reactive ketones (excluding diaryl/α,β-unsaturated/α-hetero) is 1. The molecule has 1 aliphatic rings. The van der Waals surface area contributed by atoms with E-state index in [2.05, 4.69) is 4.98 Å². The van der Waals surface area contributed by atoms with E-state index in [1.165, 1.54) is 28.4 Å². The summed E-state index contributed by atoms with van der Waals surface area (Å²) in [6, 6.07) is 16.0. The topological polar surface area (TPSA) is 73.4 Å². The molecule has 5 nitrogen and oxygen atoms in total. The minimum atomic E-state index is -1.03. The molecular formula is C24H17FN2O3S. The third kappa shape index (κ3) is 3.14. The van der Waals surface area contributed by atoms with Gasteiger partial charge in [-0.2, -0.15) is 0 Å². The molecule has 0 radical (unpaired) electrons. The first-order chi connectivity index (χ1) is 15.1. The predicted octanol–water partition coefficient (Wildman–Crippen LogP) is 4.99. The largest absolute Gasteiger partial charge is 0.507 e. The molecule has 2 N–H and O–H groups in total. The summed E-state index contributed by atoms with van der Waals surface area (Å²) < 4.78 is 14.8. The Hall–Kier alpha value is -3.71. The van der Waals surface area contributed by atoms with E-state index in [9.17, 15) is 19.1 Å². The van der Waals surface area contributed by atoms with Crippen LogP contribution in [0.5, 0.6) is 0 Å². The number of aliphatic hydroxyl groups is 1. The lowest BCUT2D eigenvalue weighted by atomic mass is 9.94. The van der Waals surface area contributed by atoms with Gasteiger partial charge in [0, 0.05) is 33.1 Å². The molecule has 3 heterocycles. The number of aromatic nitrogens is 1. The number of H-pyrrole nitrogens is 1. The Bertz CT molecular complexity index is 1340. The second kappa shape index (κ2) is 7.52. The molecule has 31 heavy (non-hydrogen) atoms. The number of hydrogen-bond acceptors (Lipinski definition) is 4. The highest BCUT2D eigenvalue weighted by Gasteiger charge is 2.47. The Kier molecular flexibility index (Phi) is 4.67.